The molecule has 0 saturated carbocycles. The average molecular weight is 293 g/mol. The van der Waals surface area contributed by atoms with Crippen molar-refractivity contribution >= 4 is 5.69 Å². The van der Waals surface area contributed by atoms with E-state index < -0.39 is 0 Å². The third kappa shape index (κ3) is 3.09. The number of halogens is 1. The summed E-state index contributed by atoms with van der Waals surface area (Å²) in [5, 5.41) is 12.7. The molecule has 0 aliphatic rings. The zero-order valence-corrected chi connectivity index (χ0v) is 11.9. The predicted molar refractivity (Wildman–Crippen MR) is 86.4 cm³/mol. The van der Waals surface area contributed by atoms with Gasteiger partial charge in [-0.05, 0) is 35.4 Å². The van der Waals surface area contributed by atoms with E-state index in [9.17, 15) is 9.50 Å². The lowest BCUT2D eigenvalue weighted by Crippen LogP contribution is -2.13. The molecule has 0 fully saturated rings. The largest absolute Gasteiger partial charge is 0.508 e. The van der Waals surface area contributed by atoms with Crippen LogP contribution in [0.1, 0.15) is 17.2 Å². The molecule has 110 valence electrons. The third-order valence-electron chi connectivity index (χ3n) is 3.53. The molecule has 0 radical (unpaired) electrons. The summed E-state index contributed by atoms with van der Waals surface area (Å²) in [4.78, 5) is 0. The van der Waals surface area contributed by atoms with Crippen LogP contribution in [0.15, 0.2) is 78.9 Å². The SMILES string of the molecule is Oc1ccc(C(Nc2ccccc2F)c2ccccc2)cc1. The topological polar surface area (TPSA) is 32.3 Å². The van der Waals surface area contributed by atoms with Crippen LogP contribution in [0.4, 0.5) is 10.1 Å². The van der Waals surface area contributed by atoms with Crippen LogP contribution in [0.3, 0.4) is 0 Å². The van der Waals surface area contributed by atoms with Crippen molar-refractivity contribution < 1.29 is 9.50 Å². The van der Waals surface area contributed by atoms with Crippen LogP contribution in [0.5, 0.6) is 5.75 Å². The standard InChI is InChI=1S/C19H16FNO/c20-17-8-4-5-9-18(17)21-19(14-6-2-1-3-7-14)15-10-12-16(22)13-11-15/h1-13,19,21-22H. The van der Waals surface area contributed by atoms with Gasteiger partial charge in [0.05, 0.1) is 11.7 Å². The van der Waals surface area contributed by atoms with Crippen molar-refractivity contribution in [1.82, 2.24) is 0 Å². The van der Waals surface area contributed by atoms with E-state index in [-0.39, 0.29) is 17.6 Å². The summed E-state index contributed by atoms with van der Waals surface area (Å²) in [6.07, 6.45) is 0. The Morgan fingerprint density at radius 1 is 0.727 bits per heavy atom. The van der Waals surface area contributed by atoms with Crippen LogP contribution in [0.25, 0.3) is 0 Å². The number of anilines is 1. The van der Waals surface area contributed by atoms with Gasteiger partial charge in [0.15, 0.2) is 0 Å². The molecule has 0 amide bonds. The summed E-state index contributed by atoms with van der Waals surface area (Å²) in [5.41, 5.74) is 2.42. The van der Waals surface area contributed by atoms with Crippen LogP contribution in [0.2, 0.25) is 0 Å². The number of hydrogen-bond acceptors (Lipinski definition) is 2. The molecule has 3 aromatic rings. The molecule has 2 nitrogen and oxygen atoms in total. The van der Waals surface area contributed by atoms with E-state index in [4.69, 9.17) is 0 Å². The number of aromatic hydroxyl groups is 1. The molecule has 3 rings (SSSR count). The summed E-state index contributed by atoms with van der Waals surface area (Å²) in [7, 11) is 0. The first-order valence-electron chi connectivity index (χ1n) is 7.09. The summed E-state index contributed by atoms with van der Waals surface area (Å²) < 4.78 is 13.9. The van der Waals surface area contributed by atoms with E-state index in [1.807, 2.05) is 42.5 Å². The van der Waals surface area contributed by atoms with Gasteiger partial charge in [-0.15, -0.1) is 0 Å². The van der Waals surface area contributed by atoms with Crippen molar-refractivity contribution in [2.45, 2.75) is 6.04 Å². The molecule has 0 aliphatic heterocycles. The third-order valence-corrected chi connectivity index (χ3v) is 3.53. The number of para-hydroxylation sites is 1. The second kappa shape index (κ2) is 6.31. The fourth-order valence-electron chi connectivity index (χ4n) is 2.41. The second-order valence-corrected chi connectivity index (χ2v) is 5.06. The molecule has 22 heavy (non-hydrogen) atoms. The lowest BCUT2D eigenvalue weighted by Gasteiger charge is -2.21. The Kier molecular flexibility index (Phi) is 4.05. The first kappa shape index (κ1) is 14.1. The molecular formula is C19H16FNO. The molecule has 3 aromatic carbocycles. The van der Waals surface area contributed by atoms with E-state index >= 15 is 0 Å². The van der Waals surface area contributed by atoms with Gasteiger partial charge in [-0.25, -0.2) is 4.39 Å². The molecule has 3 heteroatoms. The Hall–Kier alpha value is -2.81. The van der Waals surface area contributed by atoms with Gasteiger partial charge in [0, 0.05) is 0 Å². The monoisotopic (exact) mass is 293 g/mol. The number of phenols is 1. The number of benzene rings is 3. The van der Waals surface area contributed by atoms with Gasteiger partial charge in [-0.1, -0.05) is 54.6 Å². The number of hydrogen-bond donors (Lipinski definition) is 2. The Bertz CT molecular complexity index is 741. The maximum Gasteiger partial charge on any atom is 0.146 e. The fraction of sp³-hybridized carbons (Fsp3) is 0.0526. The number of phenolic OH excluding ortho intramolecular Hbond substituents is 1. The molecule has 0 heterocycles. The Labute approximate surface area is 128 Å². The average Bonchev–Trinajstić information content (AvgIpc) is 2.56. The minimum atomic E-state index is -0.290. The molecule has 1 atom stereocenters. The van der Waals surface area contributed by atoms with Gasteiger partial charge in [0.2, 0.25) is 0 Å². The van der Waals surface area contributed by atoms with Gasteiger partial charge in [0.1, 0.15) is 11.6 Å². The predicted octanol–water partition coefficient (Wildman–Crippen LogP) is 4.73. The van der Waals surface area contributed by atoms with Gasteiger partial charge in [-0.3, -0.25) is 0 Å². The van der Waals surface area contributed by atoms with Gasteiger partial charge in [0.25, 0.3) is 0 Å². The zero-order valence-electron chi connectivity index (χ0n) is 11.9. The maximum absolute atomic E-state index is 13.9. The summed E-state index contributed by atoms with van der Waals surface area (Å²) in [6, 6.07) is 23.2. The van der Waals surface area contributed by atoms with Gasteiger partial charge >= 0.3 is 0 Å². The summed E-state index contributed by atoms with van der Waals surface area (Å²) in [6.45, 7) is 0. The smallest absolute Gasteiger partial charge is 0.146 e. The second-order valence-electron chi connectivity index (χ2n) is 5.06. The fourth-order valence-corrected chi connectivity index (χ4v) is 2.41. The number of nitrogens with one attached hydrogen (secondary N) is 1. The number of rotatable bonds is 4. The first-order valence-corrected chi connectivity index (χ1v) is 7.09. The van der Waals surface area contributed by atoms with Crippen LogP contribution in [0, 0.1) is 5.82 Å². The van der Waals surface area contributed by atoms with Gasteiger partial charge in [-0.2, -0.15) is 0 Å². The van der Waals surface area contributed by atoms with Crippen molar-refractivity contribution in [1.29, 1.82) is 0 Å². The molecule has 0 aliphatic carbocycles. The normalized spacial score (nSPS) is 11.9. The van der Waals surface area contributed by atoms with Crippen molar-refractivity contribution in [3.05, 3.63) is 95.8 Å². The Morgan fingerprint density at radius 2 is 1.32 bits per heavy atom. The summed E-state index contributed by atoms with van der Waals surface area (Å²) in [5.74, 6) is -0.0799. The van der Waals surface area contributed by atoms with Crippen molar-refractivity contribution in [3.8, 4) is 5.75 Å². The highest BCUT2D eigenvalue weighted by Gasteiger charge is 2.15. The first-order chi connectivity index (χ1) is 10.7. The minimum Gasteiger partial charge on any atom is -0.508 e. The van der Waals surface area contributed by atoms with E-state index in [1.54, 1.807) is 30.3 Å². The highest BCUT2D eigenvalue weighted by atomic mass is 19.1. The Morgan fingerprint density at radius 3 is 2.00 bits per heavy atom. The van der Waals surface area contributed by atoms with E-state index in [1.165, 1.54) is 6.07 Å². The van der Waals surface area contributed by atoms with Crippen LogP contribution >= 0.6 is 0 Å². The molecule has 0 aromatic heterocycles. The molecule has 0 bridgehead atoms. The van der Waals surface area contributed by atoms with Crippen LogP contribution in [-0.2, 0) is 0 Å². The summed E-state index contributed by atoms with van der Waals surface area (Å²) >= 11 is 0. The van der Waals surface area contributed by atoms with Crippen molar-refractivity contribution in [3.63, 3.8) is 0 Å². The quantitative estimate of drug-likeness (QED) is 0.728. The highest BCUT2D eigenvalue weighted by molar-refractivity contribution is 5.50. The maximum atomic E-state index is 13.9. The van der Waals surface area contributed by atoms with Gasteiger partial charge < -0.3 is 10.4 Å². The Balaban J connectivity index is 2.00. The highest BCUT2D eigenvalue weighted by Crippen LogP contribution is 2.28. The van der Waals surface area contributed by atoms with E-state index in [0.29, 0.717) is 5.69 Å². The molecular weight excluding hydrogens is 277 g/mol. The molecule has 0 saturated heterocycles. The molecule has 2 N–H and O–H groups in total. The minimum absolute atomic E-state index is 0.196. The molecule has 0 spiro atoms. The van der Waals surface area contributed by atoms with Crippen molar-refractivity contribution in [2.24, 2.45) is 0 Å². The van der Waals surface area contributed by atoms with Crippen molar-refractivity contribution in [2.75, 3.05) is 5.32 Å². The molecule has 1 unspecified atom stereocenters. The van der Waals surface area contributed by atoms with E-state index in [2.05, 4.69) is 5.32 Å². The lowest BCUT2D eigenvalue weighted by molar-refractivity contribution is 0.475. The lowest BCUT2D eigenvalue weighted by atomic mass is 9.98. The van der Waals surface area contributed by atoms with E-state index in [0.717, 1.165) is 11.1 Å². The van der Waals surface area contributed by atoms with Crippen LogP contribution < -0.4 is 5.32 Å². The van der Waals surface area contributed by atoms with Crippen LogP contribution in [-0.4, -0.2) is 5.11 Å². The zero-order chi connectivity index (χ0) is 15.4.